The maximum atomic E-state index is 12.7. The van der Waals surface area contributed by atoms with Gasteiger partial charge >= 0.3 is 11.9 Å². The maximum absolute atomic E-state index is 12.7. The molecular formula is C23H23N3O4. The number of rotatable bonds is 5. The molecule has 0 unspecified atom stereocenters. The number of nitrogens with zero attached hydrogens (tertiary/aromatic N) is 3. The Labute approximate surface area is 174 Å². The van der Waals surface area contributed by atoms with E-state index in [0.717, 1.165) is 24.3 Å². The van der Waals surface area contributed by atoms with E-state index < -0.39 is 11.9 Å². The van der Waals surface area contributed by atoms with E-state index in [1.807, 2.05) is 42.5 Å². The van der Waals surface area contributed by atoms with Gasteiger partial charge in [-0.05, 0) is 37.1 Å². The van der Waals surface area contributed by atoms with Crippen LogP contribution in [0.5, 0.6) is 0 Å². The van der Waals surface area contributed by atoms with Gasteiger partial charge in [-0.25, -0.2) is 14.3 Å². The number of para-hydroxylation sites is 1. The molecule has 4 rings (SSSR count). The summed E-state index contributed by atoms with van der Waals surface area (Å²) in [5.41, 5.74) is 2.99. The molecule has 30 heavy (non-hydrogen) atoms. The lowest BCUT2D eigenvalue weighted by Crippen LogP contribution is -2.17. The summed E-state index contributed by atoms with van der Waals surface area (Å²) < 4.78 is 11.4. The van der Waals surface area contributed by atoms with Crippen LogP contribution in [-0.4, -0.2) is 49.0 Å². The third kappa shape index (κ3) is 3.54. The second-order valence-corrected chi connectivity index (χ2v) is 7.04. The molecule has 154 valence electrons. The maximum Gasteiger partial charge on any atom is 0.357 e. The standard InChI is InChI=1S/C23H23N3O4/c1-29-22(27)19-20(16-10-12-17(13-11-16)25-14-6-7-15-25)24-26(21(19)23(28)30-2)18-8-4-3-5-9-18/h3-5,8-13H,6-7,14-15H2,1-2H3. The Bertz CT molecular complexity index is 1050. The first kappa shape index (κ1) is 19.7. The number of carbonyl (C=O) groups excluding carboxylic acids is 2. The Morgan fingerprint density at radius 1 is 0.833 bits per heavy atom. The van der Waals surface area contributed by atoms with E-state index in [1.54, 1.807) is 12.1 Å². The second kappa shape index (κ2) is 8.41. The van der Waals surface area contributed by atoms with Crippen molar-refractivity contribution in [2.24, 2.45) is 0 Å². The summed E-state index contributed by atoms with van der Waals surface area (Å²) in [7, 11) is 2.56. The van der Waals surface area contributed by atoms with Gasteiger partial charge in [0.05, 0.1) is 19.9 Å². The van der Waals surface area contributed by atoms with Gasteiger partial charge in [-0.1, -0.05) is 30.3 Å². The number of methoxy groups -OCH3 is 2. The molecule has 7 heteroatoms. The van der Waals surface area contributed by atoms with Gasteiger partial charge < -0.3 is 14.4 Å². The van der Waals surface area contributed by atoms with Crippen molar-refractivity contribution in [3.63, 3.8) is 0 Å². The van der Waals surface area contributed by atoms with E-state index in [4.69, 9.17) is 9.47 Å². The number of carbonyl (C=O) groups is 2. The van der Waals surface area contributed by atoms with Gasteiger partial charge in [-0.3, -0.25) is 0 Å². The quantitative estimate of drug-likeness (QED) is 0.603. The number of hydrogen-bond donors (Lipinski definition) is 0. The van der Waals surface area contributed by atoms with E-state index in [2.05, 4.69) is 10.00 Å². The number of esters is 2. The fourth-order valence-corrected chi connectivity index (χ4v) is 3.76. The van der Waals surface area contributed by atoms with Crippen LogP contribution in [0.4, 0.5) is 5.69 Å². The van der Waals surface area contributed by atoms with Crippen LogP contribution in [0.1, 0.15) is 33.7 Å². The molecule has 1 aliphatic rings. The second-order valence-electron chi connectivity index (χ2n) is 7.04. The van der Waals surface area contributed by atoms with E-state index >= 15 is 0 Å². The Morgan fingerprint density at radius 2 is 1.47 bits per heavy atom. The summed E-state index contributed by atoms with van der Waals surface area (Å²) in [5, 5.41) is 4.62. The first-order chi connectivity index (χ1) is 14.6. The van der Waals surface area contributed by atoms with Crippen molar-refractivity contribution in [2.75, 3.05) is 32.2 Å². The highest BCUT2D eigenvalue weighted by atomic mass is 16.5. The van der Waals surface area contributed by atoms with Gasteiger partial charge in [0.25, 0.3) is 0 Å². The molecule has 0 radical (unpaired) electrons. The van der Waals surface area contributed by atoms with Crippen molar-refractivity contribution in [3.8, 4) is 16.9 Å². The topological polar surface area (TPSA) is 73.7 Å². The van der Waals surface area contributed by atoms with E-state index in [9.17, 15) is 9.59 Å². The number of aromatic nitrogens is 2. The van der Waals surface area contributed by atoms with Crippen LogP contribution < -0.4 is 4.90 Å². The zero-order valence-corrected chi connectivity index (χ0v) is 17.0. The zero-order valence-electron chi connectivity index (χ0n) is 17.0. The van der Waals surface area contributed by atoms with Crippen LogP contribution in [0.3, 0.4) is 0 Å². The summed E-state index contributed by atoms with van der Waals surface area (Å²) in [6.45, 7) is 2.09. The summed E-state index contributed by atoms with van der Waals surface area (Å²) in [6.07, 6.45) is 2.39. The molecule has 2 heterocycles. The van der Waals surface area contributed by atoms with Crippen LogP contribution >= 0.6 is 0 Å². The van der Waals surface area contributed by atoms with Gasteiger partial charge in [-0.2, -0.15) is 5.10 Å². The van der Waals surface area contributed by atoms with Crippen LogP contribution in [0.2, 0.25) is 0 Å². The minimum absolute atomic E-state index is 0.0363. The van der Waals surface area contributed by atoms with E-state index in [1.165, 1.54) is 31.7 Å². The van der Waals surface area contributed by atoms with Crippen molar-refractivity contribution in [2.45, 2.75) is 12.8 Å². The lowest BCUT2D eigenvalue weighted by atomic mass is 10.0. The summed E-state index contributed by atoms with van der Waals surface area (Å²) >= 11 is 0. The van der Waals surface area contributed by atoms with E-state index in [0.29, 0.717) is 11.4 Å². The largest absolute Gasteiger partial charge is 0.465 e. The fourth-order valence-electron chi connectivity index (χ4n) is 3.76. The van der Waals surface area contributed by atoms with Gasteiger partial charge in [0, 0.05) is 24.3 Å². The van der Waals surface area contributed by atoms with Crippen molar-refractivity contribution >= 4 is 17.6 Å². The lowest BCUT2D eigenvalue weighted by Gasteiger charge is -2.17. The van der Waals surface area contributed by atoms with Crippen LogP contribution in [0, 0.1) is 0 Å². The normalized spacial score (nSPS) is 13.3. The molecule has 0 N–H and O–H groups in total. The predicted octanol–water partition coefficient (Wildman–Crippen LogP) is 3.71. The van der Waals surface area contributed by atoms with Crippen molar-refractivity contribution in [3.05, 3.63) is 65.9 Å². The van der Waals surface area contributed by atoms with Crippen molar-refractivity contribution < 1.29 is 19.1 Å². The summed E-state index contributed by atoms with van der Waals surface area (Å²) in [5.74, 6) is -1.30. The molecule has 1 saturated heterocycles. The molecule has 0 bridgehead atoms. The number of benzene rings is 2. The Morgan fingerprint density at radius 3 is 2.07 bits per heavy atom. The van der Waals surface area contributed by atoms with Crippen molar-refractivity contribution in [1.29, 1.82) is 0 Å². The Hall–Kier alpha value is -3.61. The van der Waals surface area contributed by atoms with Crippen molar-refractivity contribution in [1.82, 2.24) is 9.78 Å². The molecule has 1 aliphatic heterocycles. The lowest BCUT2D eigenvalue weighted by molar-refractivity contribution is 0.0549. The zero-order chi connectivity index (χ0) is 21.1. The van der Waals surface area contributed by atoms with Gasteiger partial charge in [0.15, 0.2) is 5.69 Å². The minimum Gasteiger partial charge on any atom is -0.465 e. The van der Waals surface area contributed by atoms with E-state index in [-0.39, 0.29) is 11.3 Å². The Kier molecular flexibility index (Phi) is 5.52. The number of anilines is 1. The highest BCUT2D eigenvalue weighted by molar-refractivity contribution is 6.06. The molecule has 2 aromatic carbocycles. The van der Waals surface area contributed by atoms with Gasteiger partial charge in [0.2, 0.25) is 0 Å². The summed E-state index contributed by atoms with van der Waals surface area (Å²) in [6, 6.07) is 17.0. The molecule has 7 nitrogen and oxygen atoms in total. The Balaban J connectivity index is 1.87. The van der Waals surface area contributed by atoms with Crippen LogP contribution in [0.25, 0.3) is 16.9 Å². The molecule has 0 amide bonds. The average molecular weight is 405 g/mol. The minimum atomic E-state index is -0.660. The third-order valence-electron chi connectivity index (χ3n) is 5.27. The van der Waals surface area contributed by atoms with Crippen LogP contribution in [0.15, 0.2) is 54.6 Å². The third-order valence-corrected chi connectivity index (χ3v) is 5.27. The molecule has 0 atom stereocenters. The SMILES string of the molecule is COC(=O)c1c(-c2ccc(N3CCCC3)cc2)nn(-c2ccccc2)c1C(=O)OC. The molecule has 0 spiro atoms. The van der Waals surface area contributed by atoms with Gasteiger partial charge in [-0.15, -0.1) is 0 Å². The molecule has 1 aromatic heterocycles. The first-order valence-corrected chi connectivity index (χ1v) is 9.84. The monoisotopic (exact) mass is 405 g/mol. The number of hydrogen-bond acceptors (Lipinski definition) is 6. The molecular weight excluding hydrogens is 382 g/mol. The fraction of sp³-hybridized carbons (Fsp3) is 0.261. The predicted molar refractivity (Wildman–Crippen MR) is 113 cm³/mol. The smallest absolute Gasteiger partial charge is 0.357 e. The molecule has 0 aliphatic carbocycles. The molecule has 0 saturated carbocycles. The highest BCUT2D eigenvalue weighted by Crippen LogP contribution is 2.31. The first-order valence-electron chi connectivity index (χ1n) is 9.84. The summed E-state index contributed by atoms with van der Waals surface area (Å²) in [4.78, 5) is 27.6. The highest BCUT2D eigenvalue weighted by Gasteiger charge is 2.31. The average Bonchev–Trinajstić information content (AvgIpc) is 3.47. The number of ether oxygens (including phenoxy) is 2. The van der Waals surface area contributed by atoms with Crippen LogP contribution in [-0.2, 0) is 9.47 Å². The molecule has 3 aromatic rings. The van der Waals surface area contributed by atoms with Gasteiger partial charge in [0.1, 0.15) is 11.3 Å². The molecule has 1 fully saturated rings.